The Morgan fingerprint density at radius 3 is 1.82 bits per heavy atom. The van der Waals surface area contributed by atoms with E-state index in [4.69, 9.17) is 10.7 Å². The van der Waals surface area contributed by atoms with Crippen LogP contribution in [0.5, 0.6) is 0 Å². The van der Waals surface area contributed by atoms with Crippen molar-refractivity contribution in [2.24, 2.45) is 0 Å². The summed E-state index contributed by atoms with van der Waals surface area (Å²) in [6.45, 7) is 3.76. The molecule has 66 valence electrons. The first-order valence-electron chi connectivity index (χ1n) is 3.66. The molecule has 1 rings (SSSR count). The standard InChI is InChI=1S/C6H12ClNO2S/c1-5-3-4-6(2)8(5)11(7,9)10/h5-6H,3-4H2,1-2H3. The van der Waals surface area contributed by atoms with E-state index in [1.165, 1.54) is 4.31 Å². The van der Waals surface area contributed by atoms with Gasteiger partial charge < -0.3 is 0 Å². The molecule has 0 saturated carbocycles. The number of nitrogens with zero attached hydrogens (tertiary/aromatic N) is 1. The molecule has 0 bridgehead atoms. The average Bonchev–Trinajstić information content (AvgIpc) is 2.08. The molecule has 1 heterocycles. The van der Waals surface area contributed by atoms with Crippen molar-refractivity contribution in [3.8, 4) is 0 Å². The van der Waals surface area contributed by atoms with Crippen molar-refractivity contribution in [1.29, 1.82) is 0 Å². The molecule has 1 aliphatic rings. The molecule has 0 aromatic heterocycles. The molecular weight excluding hydrogens is 186 g/mol. The zero-order chi connectivity index (χ0) is 8.65. The van der Waals surface area contributed by atoms with Crippen molar-refractivity contribution in [3.05, 3.63) is 0 Å². The van der Waals surface area contributed by atoms with Gasteiger partial charge in [0.05, 0.1) is 0 Å². The third kappa shape index (κ3) is 1.86. The highest BCUT2D eigenvalue weighted by Gasteiger charge is 2.35. The van der Waals surface area contributed by atoms with Gasteiger partial charge in [0.1, 0.15) is 0 Å². The summed E-state index contributed by atoms with van der Waals surface area (Å²) in [7, 11) is 1.73. The number of halogens is 1. The quantitative estimate of drug-likeness (QED) is 0.595. The van der Waals surface area contributed by atoms with E-state index in [-0.39, 0.29) is 12.1 Å². The summed E-state index contributed by atoms with van der Waals surface area (Å²) in [5.74, 6) is 0. The Labute approximate surface area is 71.9 Å². The van der Waals surface area contributed by atoms with Crippen LogP contribution in [-0.4, -0.2) is 24.8 Å². The van der Waals surface area contributed by atoms with Gasteiger partial charge in [0.25, 0.3) is 9.24 Å². The Morgan fingerprint density at radius 1 is 1.27 bits per heavy atom. The summed E-state index contributed by atoms with van der Waals surface area (Å²) in [4.78, 5) is 0. The van der Waals surface area contributed by atoms with E-state index in [2.05, 4.69) is 0 Å². The van der Waals surface area contributed by atoms with Gasteiger partial charge in [-0.2, -0.15) is 12.7 Å². The highest BCUT2D eigenvalue weighted by Crippen LogP contribution is 2.28. The van der Waals surface area contributed by atoms with E-state index in [9.17, 15) is 8.42 Å². The fourth-order valence-electron chi connectivity index (χ4n) is 1.60. The van der Waals surface area contributed by atoms with Crippen LogP contribution in [0.3, 0.4) is 0 Å². The summed E-state index contributed by atoms with van der Waals surface area (Å²) in [6, 6.07) is 0.125. The molecule has 1 fully saturated rings. The molecule has 1 saturated heterocycles. The van der Waals surface area contributed by atoms with E-state index < -0.39 is 9.24 Å². The van der Waals surface area contributed by atoms with Gasteiger partial charge in [-0.15, -0.1) is 0 Å². The van der Waals surface area contributed by atoms with Crippen LogP contribution in [0, 0.1) is 0 Å². The second kappa shape index (κ2) is 2.92. The summed E-state index contributed by atoms with van der Waals surface area (Å²) in [5, 5.41) is 0. The van der Waals surface area contributed by atoms with Gasteiger partial charge in [0, 0.05) is 22.8 Å². The van der Waals surface area contributed by atoms with Crippen LogP contribution in [0.2, 0.25) is 0 Å². The van der Waals surface area contributed by atoms with Crippen LogP contribution in [0.25, 0.3) is 0 Å². The molecule has 0 spiro atoms. The van der Waals surface area contributed by atoms with E-state index >= 15 is 0 Å². The summed E-state index contributed by atoms with van der Waals surface area (Å²) in [6.07, 6.45) is 1.82. The normalized spacial score (nSPS) is 34.5. The van der Waals surface area contributed by atoms with Gasteiger partial charge >= 0.3 is 0 Å². The van der Waals surface area contributed by atoms with Crippen molar-refractivity contribution in [1.82, 2.24) is 4.31 Å². The molecule has 0 aromatic carbocycles. The van der Waals surface area contributed by atoms with E-state index in [0.717, 1.165) is 12.8 Å². The predicted octanol–water partition coefficient (Wildman–Crippen LogP) is 1.34. The van der Waals surface area contributed by atoms with Crippen molar-refractivity contribution < 1.29 is 8.42 Å². The minimum atomic E-state index is -3.50. The summed E-state index contributed by atoms with van der Waals surface area (Å²) < 4.78 is 23.3. The molecular formula is C6H12ClNO2S. The van der Waals surface area contributed by atoms with Gasteiger partial charge in [-0.3, -0.25) is 0 Å². The lowest BCUT2D eigenvalue weighted by Gasteiger charge is -2.20. The maximum Gasteiger partial charge on any atom is 0.300 e. The van der Waals surface area contributed by atoms with Gasteiger partial charge in [-0.1, -0.05) is 0 Å². The van der Waals surface area contributed by atoms with Crippen LogP contribution in [0.1, 0.15) is 26.7 Å². The summed E-state index contributed by atoms with van der Waals surface area (Å²) >= 11 is 0. The van der Waals surface area contributed by atoms with Crippen molar-refractivity contribution in [3.63, 3.8) is 0 Å². The molecule has 2 unspecified atom stereocenters. The minimum Gasteiger partial charge on any atom is -0.195 e. The minimum absolute atomic E-state index is 0.0625. The van der Waals surface area contributed by atoms with Crippen LogP contribution >= 0.6 is 10.7 Å². The zero-order valence-electron chi connectivity index (χ0n) is 6.62. The second-order valence-electron chi connectivity index (χ2n) is 3.05. The topological polar surface area (TPSA) is 37.4 Å². The first-order valence-corrected chi connectivity index (χ1v) is 5.92. The Balaban J connectivity index is 2.86. The lowest BCUT2D eigenvalue weighted by Crippen LogP contribution is -2.35. The number of rotatable bonds is 1. The molecule has 0 aliphatic carbocycles. The third-order valence-electron chi connectivity index (χ3n) is 2.12. The number of hydrogen-bond acceptors (Lipinski definition) is 2. The molecule has 11 heavy (non-hydrogen) atoms. The fraction of sp³-hybridized carbons (Fsp3) is 1.00. The second-order valence-corrected chi connectivity index (χ2v) is 5.46. The molecule has 0 aromatic rings. The molecule has 0 N–H and O–H groups in total. The highest BCUT2D eigenvalue weighted by atomic mass is 35.7. The van der Waals surface area contributed by atoms with Crippen LogP contribution in [0.15, 0.2) is 0 Å². The molecule has 0 radical (unpaired) electrons. The molecule has 1 aliphatic heterocycles. The molecule has 5 heteroatoms. The maximum absolute atomic E-state index is 10.9. The number of hydrogen-bond donors (Lipinski definition) is 0. The summed E-state index contributed by atoms with van der Waals surface area (Å²) in [5.41, 5.74) is 0. The zero-order valence-corrected chi connectivity index (χ0v) is 8.19. The first-order chi connectivity index (χ1) is 4.93. The van der Waals surface area contributed by atoms with Gasteiger partial charge in [-0.05, 0) is 26.7 Å². The average molecular weight is 198 g/mol. The van der Waals surface area contributed by atoms with E-state index in [0.29, 0.717) is 0 Å². The maximum atomic E-state index is 10.9. The van der Waals surface area contributed by atoms with Gasteiger partial charge in [-0.25, -0.2) is 0 Å². The van der Waals surface area contributed by atoms with Gasteiger partial charge in [0.2, 0.25) is 0 Å². The van der Waals surface area contributed by atoms with Gasteiger partial charge in [0.15, 0.2) is 0 Å². The first kappa shape index (κ1) is 9.29. The monoisotopic (exact) mass is 197 g/mol. The molecule has 2 atom stereocenters. The van der Waals surface area contributed by atoms with E-state index in [1.54, 1.807) is 0 Å². The van der Waals surface area contributed by atoms with E-state index in [1.807, 2.05) is 13.8 Å². The van der Waals surface area contributed by atoms with Crippen molar-refractivity contribution in [2.75, 3.05) is 0 Å². The Kier molecular flexibility index (Phi) is 2.46. The van der Waals surface area contributed by atoms with Crippen LogP contribution in [-0.2, 0) is 9.24 Å². The molecule has 3 nitrogen and oxygen atoms in total. The lowest BCUT2D eigenvalue weighted by atomic mass is 10.2. The predicted molar refractivity (Wildman–Crippen MR) is 44.8 cm³/mol. The van der Waals surface area contributed by atoms with Crippen molar-refractivity contribution in [2.45, 2.75) is 38.8 Å². The fourth-order valence-corrected chi connectivity index (χ4v) is 3.49. The Bertz CT molecular complexity index is 229. The molecule has 0 amide bonds. The smallest absolute Gasteiger partial charge is 0.195 e. The Morgan fingerprint density at radius 2 is 1.64 bits per heavy atom. The lowest BCUT2D eigenvalue weighted by molar-refractivity contribution is 0.358. The SMILES string of the molecule is CC1CCC(C)N1S(=O)(=O)Cl. The third-order valence-corrected chi connectivity index (χ3v) is 3.82. The van der Waals surface area contributed by atoms with Crippen LogP contribution < -0.4 is 0 Å². The Hall–Kier alpha value is 0.200. The van der Waals surface area contributed by atoms with Crippen LogP contribution in [0.4, 0.5) is 0 Å². The van der Waals surface area contributed by atoms with Crippen molar-refractivity contribution >= 4 is 19.9 Å². The largest absolute Gasteiger partial charge is 0.300 e. The highest BCUT2D eigenvalue weighted by molar-refractivity contribution is 8.11.